The summed E-state index contributed by atoms with van der Waals surface area (Å²) in [7, 11) is 1.52. The van der Waals surface area contributed by atoms with Crippen LogP contribution in [0.5, 0.6) is 11.5 Å². The number of benzene rings is 3. The fourth-order valence-electron chi connectivity index (χ4n) is 3.37. The molecule has 3 aromatic rings. The van der Waals surface area contributed by atoms with E-state index >= 15 is 0 Å². The van der Waals surface area contributed by atoms with Crippen LogP contribution in [0.15, 0.2) is 66.7 Å². The maximum absolute atomic E-state index is 13.4. The van der Waals surface area contributed by atoms with E-state index in [1.807, 2.05) is 6.07 Å². The van der Waals surface area contributed by atoms with Crippen LogP contribution >= 0.6 is 23.4 Å². The molecule has 0 N–H and O–H groups in total. The zero-order valence-electron chi connectivity index (χ0n) is 17.1. The Morgan fingerprint density at radius 1 is 1.00 bits per heavy atom. The van der Waals surface area contributed by atoms with Gasteiger partial charge in [0.25, 0.3) is 5.24 Å². The number of anilines is 1. The van der Waals surface area contributed by atoms with Crippen molar-refractivity contribution in [2.24, 2.45) is 0 Å². The topological polar surface area (TPSA) is 55.8 Å². The van der Waals surface area contributed by atoms with Crippen LogP contribution in [0.1, 0.15) is 11.1 Å². The summed E-state index contributed by atoms with van der Waals surface area (Å²) >= 11 is 6.90. The summed E-state index contributed by atoms with van der Waals surface area (Å²) in [5, 5.41) is -0.324. The molecule has 0 radical (unpaired) electrons. The fraction of sp³-hybridized carbons (Fsp3) is 0.167. The third-order valence-corrected chi connectivity index (χ3v) is 6.23. The van der Waals surface area contributed by atoms with Gasteiger partial charge in [0.15, 0.2) is 11.5 Å². The lowest BCUT2D eigenvalue weighted by molar-refractivity contribution is -0.117. The number of carbonyl (C=O) groups excluding carboxylic acids is 2. The van der Waals surface area contributed by atoms with Gasteiger partial charge in [-0.1, -0.05) is 41.6 Å². The predicted molar refractivity (Wildman–Crippen MR) is 123 cm³/mol. The van der Waals surface area contributed by atoms with E-state index in [1.165, 1.54) is 24.1 Å². The molecule has 1 saturated heterocycles. The van der Waals surface area contributed by atoms with Gasteiger partial charge < -0.3 is 9.47 Å². The highest BCUT2D eigenvalue weighted by atomic mass is 35.5. The second-order valence-electron chi connectivity index (χ2n) is 7.13. The Kier molecular flexibility index (Phi) is 6.67. The molecule has 1 heterocycles. The number of carbonyl (C=O) groups is 2. The first kappa shape index (κ1) is 22.2. The second kappa shape index (κ2) is 9.63. The molecular weight excluding hydrogens is 453 g/mol. The van der Waals surface area contributed by atoms with Crippen molar-refractivity contribution in [2.45, 2.75) is 18.3 Å². The van der Waals surface area contributed by atoms with Crippen LogP contribution in [-0.2, 0) is 17.8 Å². The Morgan fingerprint density at radius 3 is 2.50 bits per heavy atom. The van der Waals surface area contributed by atoms with E-state index in [2.05, 4.69) is 0 Å². The molecule has 0 aromatic heterocycles. The quantitative estimate of drug-likeness (QED) is 0.431. The number of amides is 2. The van der Waals surface area contributed by atoms with Crippen molar-refractivity contribution in [3.05, 3.63) is 88.7 Å². The average molecular weight is 472 g/mol. The summed E-state index contributed by atoms with van der Waals surface area (Å²) in [5.74, 6) is 0.405. The molecule has 1 aliphatic heterocycles. The van der Waals surface area contributed by atoms with Gasteiger partial charge in [-0.25, -0.2) is 9.29 Å². The largest absolute Gasteiger partial charge is 0.493 e. The summed E-state index contributed by atoms with van der Waals surface area (Å²) in [6, 6.07) is 18.1. The number of nitrogens with zero attached hydrogens (tertiary/aromatic N) is 1. The maximum atomic E-state index is 13.4. The van der Waals surface area contributed by atoms with E-state index in [1.54, 1.807) is 48.5 Å². The second-order valence-corrected chi connectivity index (χ2v) is 8.72. The molecule has 0 aliphatic carbocycles. The number of rotatable bonds is 7. The first-order valence-electron chi connectivity index (χ1n) is 9.79. The van der Waals surface area contributed by atoms with Gasteiger partial charge in [0.1, 0.15) is 12.4 Å². The smallest absolute Gasteiger partial charge is 0.293 e. The molecule has 32 heavy (non-hydrogen) atoms. The Hall–Kier alpha value is -3.03. The van der Waals surface area contributed by atoms with Gasteiger partial charge in [0.05, 0.1) is 18.0 Å². The molecule has 1 aliphatic rings. The van der Waals surface area contributed by atoms with E-state index in [4.69, 9.17) is 21.1 Å². The number of ether oxygens (including phenoxy) is 2. The van der Waals surface area contributed by atoms with Crippen molar-refractivity contribution in [3.8, 4) is 11.5 Å². The first-order chi connectivity index (χ1) is 15.4. The SMILES string of the molecule is COc1cc(C[C@@H]2SC(=O)N(c3ccc(Cl)cc3)C2=O)ccc1OCc1cccc(F)c1. The number of thioether (sulfide) groups is 1. The van der Waals surface area contributed by atoms with Gasteiger partial charge in [0.2, 0.25) is 5.91 Å². The average Bonchev–Trinajstić information content (AvgIpc) is 3.06. The van der Waals surface area contributed by atoms with E-state index in [0.29, 0.717) is 34.2 Å². The van der Waals surface area contributed by atoms with Crippen molar-refractivity contribution < 1.29 is 23.5 Å². The van der Waals surface area contributed by atoms with Crippen molar-refractivity contribution >= 4 is 40.2 Å². The van der Waals surface area contributed by atoms with Gasteiger partial charge in [0, 0.05) is 5.02 Å². The number of imide groups is 1. The summed E-state index contributed by atoms with van der Waals surface area (Å²) in [5.41, 5.74) is 2.03. The lowest BCUT2D eigenvalue weighted by atomic mass is 10.1. The Bertz CT molecular complexity index is 1150. The van der Waals surface area contributed by atoms with Crippen molar-refractivity contribution in [1.29, 1.82) is 0 Å². The van der Waals surface area contributed by atoms with Crippen molar-refractivity contribution in [1.82, 2.24) is 0 Å². The molecule has 8 heteroatoms. The molecule has 3 aromatic carbocycles. The van der Waals surface area contributed by atoms with Gasteiger partial charge in [-0.15, -0.1) is 0 Å². The number of hydrogen-bond acceptors (Lipinski definition) is 5. The molecule has 2 amide bonds. The zero-order chi connectivity index (χ0) is 22.7. The summed E-state index contributed by atoms with van der Waals surface area (Å²) in [6.07, 6.45) is 0.361. The van der Waals surface area contributed by atoms with Crippen LogP contribution in [0.4, 0.5) is 14.9 Å². The van der Waals surface area contributed by atoms with Crippen molar-refractivity contribution in [3.63, 3.8) is 0 Å². The fourth-order valence-corrected chi connectivity index (χ4v) is 4.52. The van der Waals surface area contributed by atoms with E-state index in [9.17, 15) is 14.0 Å². The Labute approximate surface area is 194 Å². The van der Waals surface area contributed by atoms with Crippen molar-refractivity contribution in [2.75, 3.05) is 12.0 Å². The minimum absolute atomic E-state index is 0.189. The van der Waals surface area contributed by atoms with Crippen LogP contribution in [0.3, 0.4) is 0 Å². The highest BCUT2D eigenvalue weighted by molar-refractivity contribution is 8.15. The van der Waals surface area contributed by atoms with E-state index in [0.717, 1.165) is 17.3 Å². The van der Waals surface area contributed by atoms with Crippen LogP contribution in [-0.4, -0.2) is 23.5 Å². The highest BCUT2D eigenvalue weighted by Gasteiger charge is 2.40. The van der Waals surface area contributed by atoms with Gasteiger partial charge in [-0.05, 0) is 66.1 Å². The van der Waals surface area contributed by atoms with E-state index in [-0.39, 0.29) is 23.6 Å². The number of hydrogen-bond donors (Lipinski definition) is 0. The predicted octanol–water partition coefficient (Wildman–Crippen LogP) is 5.88. The van der Waals surface area contributed by atoms with Crippen LogP contribution in [0.2, 0.25) is 5.02 Å². The summed E-state index contributed by atoms with van der Waals surface area (Å²) in [6.45, 7) is 0.189. The maximum Gasteiger partial charge on any atom is 0.293 e. The molecule has 5 nitrogen and oxygen atoms in total. The molecule has 1 atom stereocenters. The molecule has 164 valence electrons. The lowest BCUT2D eigenvalue weighted by Gasteiger charge is -2.15. The number of halogens is 2. The zero-order valence-corrected chi connectivity index (χ0v) is 18.7. The Morgan fingerprint density at radius 2 is 1.78 bits per heavy atom. The molecule has 0 unspecified atom stereocenters. The Balaban J connectivity index is 1.45. The minimum Gasteiger partial charge on any atom is -0.493 e. The monoisotopic (exact) mass is 471 g/mol. The van der Waals surface area contributed by atoms with Crippen LogP contribution in [0, 0.1) is 5.82 Å². The third-order valence-electron chi connectivity index (χ3n) is 4.94. The lowest BCUT2D eigenvalue weighted by Crippen LogP contribution is -2.32. The summed E-state index contributed by atoms with van der Waals surface area (Å²) in [4.78, 5) is 26.5. The van der Waals surface area contributed by atoms with Crippen LogP contribution < -0.4 is 14.4 Å². The van der Waals surface area contributed by atoms with Gasteiger partial charge in [-0.2, -0.15) is 0 Å². The molecular formula is C24H19ClFNO4S. The normalized spacial score (nSPS) is 15.8. The molecule has 1 fully saturated rings. The third kappa shape index (κ3) is 4.89. The molecule has 0 saturated carbocycles. The summed E-state index contributed by atoms with van der Waals surface area (Å²) < 4.78 is 24.6. The number of methoxy groups -OCH3 is 1. The van der Waals surface area contributed by atoms with Gasteiger partial charge >= 0.3 is 0 Å². The molecule has 0 spiro atoms. The first-order valence-corrected chi connectivity index (χ1v) is 11.0. The van der Waals surface area contributed by atoms with Crippen LogP contribution in [0.25, 0.3) is 0 Å². The highest BCUT2D eigenvalue weighted by Crippen LogP contribution is 2.36. The standard InChI is InChI=1S/C24H19ClFNO4S/c1-30-21-12-15(5-10-20(21)31-14-16-3-2-4-18(26)11-16)13-22-23(28)27(24(29)32-22)19-8-6-17(25)7-9-19/h2-12,22H,13-14H2,1H3/t22-/m0/s1. The van der Waals surface area contributed by atoms with E-state index < -0.39 is 5.25 Å². The van der Waals surface area contributed by atoms with Gasteiger partial charge in [-0.3, -0.25) is 9.59 Å². The molecule has 4 rings (SSSR count). The molecule has 0 bridgehead atoms. The minimum atomic E-state index is -0.540.